The van der Waals surface area contributed by atoms with Crippen LogP contribution >= 0.6 is 0 Å². The molecule has 2 aromatic rings. The Hall–Kier alpha value is -2.87. The number of hydrogen-bond acceptors (Lipinski definition) is 4. The first-order valence-electron chi connectivity index (χ1n) is 7.58. The molecule has 0 fully saturated rings. The molecule has 2 rings (SSSR count). The predicted octanol–water partition coefficient (Wildman–Crippen LogP) is 1.83. The van der Waals surface area contributed by atoms with E-state index in [1.807, 2.05) is 6.92 Å². The van der Waals surface area contributed by atoms with Gasteiger partial charge in [-0.1, -0.05) is 23.8 Å². The molecule has 0 aliphatic rings. The number of benzene rings is 2. The fraction of sp³-hybridized carbons (Fsp3) is 0.176. The van der Waals surface area contributed by atoms with Gasteiger partial charge in [-0.2, -0.15) is 0 Å². The van der Waals surface area contributed by atoms with E-state index in [1.165, 1.54) is 25.1 Å². The van der Waals surface area contributed by atoms with E-state index >= 15 is 0 Å². The topological polar surface area (TPSA) is 104 Å². The third-order valence-electron chi connectivity index (χ3n) is 3.38. The van der Waals surface area contributed by atoms with E-state index in [-0.39, 0.29) is 17.0 Å². The molecule has 132 valence electrons. The Labute approximate surface area is 146 Å². The summed E-state index contributed by atoms with van der Waals surface area (Å²) < 4.78 is 25.5. The lowest BCUT2D eigenvalue weighted by atomic mass is 10.1. The number of sulfonamides is 1. The van der Waals surface area contributed by atoms with Crippen LogP contribution in [0, 0.1) is 6.92 Å². The molecule has 0 unspecified atom stereocenters. The molecule has 2 amide bonds. The van der Waals surface area contributed by atoms with Gasteiger partial charge in [-0.3, -0.25) is 25.2 Å². The van der Waals surface area contributed by atoms with Crippen LogP contribution in [0.25, 0.3) is 0 Å². The zero-order valence-corrected chi connectivity index (χ0v) is 14.7. The normalized spacial score (nSPS) is 10.8. The second kappa shape index (κ2) is 7.80. The Kier molecular flexibility index (Phi) is 5.76. The van der Waals surface area contributed by atoms with Gasteiger partial charge in [0.1, 0.15) is 0 Å². The van der Waals surface area contributed by atoms with Gasteiger partial charge in [-0.25, -0.2) is 8.42 Å². The molecule has 0 saturated carbocycles. The Morgan fingerprint density at radius 2 is 1.52 bits per heavy atom. The minimum Gasteiger partial charge on any atom is -0.284 e. The van der Waals surface area contributed by atoms with E-state index in [4.69, 9.17) is 0 Å². The van der Waals surface area contributed by atoms with Gasteiger partial charge in [0.05, 0.1) is 5.75 Å². The minimum atomic E-state index is -3.43. The zero-order chi connectivity index (χ0) is 18.4. The SMILES string of the molecule is CCS(=O)(=O)Nc1cccc(C(=O)NNC(=O)c2ccc(C)cc2)c1. The summed E-state index contributed by atoms with van der Waals surface area (Å²) in [7, 11) is -3.43. The quantitative estimate of drug-likeness (QED) is 0.707. The summed E-state index contributed by atoms with van der Waals surface area (Å²) in [6.07, 6.45) is 0. The maximum absolute atomic E-state index is 12.1. The zero-order valence-electron chi connectivity index (χ0n) is 13.9. The van der Waals surface area contributed by atoms with Crippen LogP contribution in [0.15, 0.2) is 48.5 Å². The lowest BCUT2D eigenvalue weighted by Gasteiger charge is -2.10. The van der Waals surface area contributed by atoms with E-state index < -0.39 is 21.8 Å². The lowest BCUT2D eigenvalue weighted by Crippen LogP contribution is -2.41. The first-order chi connectivity index (χ1) is 11.8. The van der Waals surface area contributed by atoms with E-state index in [1.54, 1.807) is 30.3 Å². The van der Waals surface area contributed by atoms with Gasteiger partial charge in [0.2, 0.25) is 10.0 Å². The number of hydrazine groups is 1. The fourth-order valence-electron chi connectivity index (χ4n) is 1.94. The van der Waals surface area contributed by atoms with Crippen LogP contribution in [-0.4, -0.2) is 26.0 Å². The molecule has 0 heterocycles. The summed E-state index contributed by atoms with van der Waals surface area (Å²) in [6.45, 7) is 3.42. The van der Waals surface area contributed by atoms with Crippen molar-refractivity contribution >= 4 is 27.5 Å². The minimum absolute atomic E-state index is 0.0734. The van der Waals surface area contributed by atoms with Crippen molar-refractivity contribution in [1.29, 1.82) is 0 Å². The summed E-state index contributed by atoms with van der Waals surface area (Å²) in [5, 5.41) is 0. The molecule has 0 bridgehead atoms. The summed E-state index contributed by atoms with van der Waals surface area (Å²) in [6, 6.07) is 12.9. The molecule has 0 spiro atoms. The summed E-state index contributed by atoms with van der Waals surface area (Å²) in [5.41, 5.74) is 6.54. The maximum atomic E-state index is 12.1. The van der Waals surface area contributed by atoms with Gasteiger partial charge >= 0.3 is 0 Å². The highest BCUT2D eigenvalue weighted by atomic mass is 32.2. The van der Waals surface area contributed by atoms with Crippen molar-refractivity contribution < 1.29 is 18.0 Å². The standard InChI is InChI=1S/C17H19N3O4S/c1-3-25(23,24)20-15-6-4-5-14(11-15)17(22)19-18-16(21)13-9-7-12(2)8-10-13/h4-11,20H,3H2,1-2H3,(H,18,21)(H,19,22). The fourth-order valence-corrected chi connectivity index (χ4v) is 2.57. The Morgan fingerprint density at radius 1 is 0.920 bits per heavy atom. The number of nitrogens with one attached hydrogen (secondary N) is 3. The Balaban J connectivity index is 2.01. The van der Waals surface area contributed by atoms with Crippen LogP contribution in [0.5, 0.6) is 0 Å². The number of hydrogen-bond donors (Lipinski definition) is 3. The van der Waals surface area contributed by atoms with Crippen LogP contribution in [0.1, 0.15) is 33.2 Å². The molecule has 0 aliphatic carbocycles. The molecule has 0 aliphatic heterocycles. The molecule has 8 heteroatoms. The van der Waals surface area contributed by atoms with Gasteiger partial charge < -0.3 is 0 Å². The van der Waals surface area contributed by atoms with Crippen molar-refractivity contribution in [3.05, 3.63) is 65.2 Å². The number of anilines is 1. The number of rotatable bonds is 5. The number of carbonyl (C=O) groups excluding carboxylic acids is 2. The first kappa shape index (κ1) is 18.5. The molecule has 0 radical (unpaired) electrons. The maximum Gasteiger partial charge on any atom is 0.269 e. The molecule has 25 heavy (non-hydrogen) atoms. The van der Waals surface area contributed by atoms with Crippen molar-refractivity contribution in [2.24, 2.45) is 0 Å². The molecule has 2 aromatic carbocycles. The Morgan fingerprint density at radius 3 is 2.12 bits per heavy atom. The summed E-state index contributed by atoms with van der Waals surface area (Å²) >= 11 is 0. The molecule has 7 nitrogen and oxygen atoms in total. The molecule has 0 saturated heterocycles. The van der Waals surface area contributed by atoms with Crippen molar-refractivity contribution in [2.75, 3.05) is 10.5 Å². The molecule has 0 aromatic heterocycles. The monoisotopic (exact) mass is 361 g/mol. The highest BCUT2D eigenvalue weighted by Gasteiger charge is 2.11. The smallest absolute Gasteiger partial charge is 0.269 e. The van der Waals surface area contributed by atoms with Crippen molar-refractivity contribution in [3.63, 3.8) is 0 Å². The van der Waals surface area contributed by atoms with Gasteiger partial charge in [0.25, 0.3) is 11.8 Å². The average molecular weight is 361 g/mol. The number of amides is 2. The van der Waals surface area contributed by atoms with Gasteiger partial charge in [-0.05, 0) is 44.2 Å². The van der Waals surface area contributed by atoms with E-state index in [9.17, 15) is 18.0 Å². The van der Waals surface area contributed by atoms with E-state index in [0.29, 0.717) is 5.56 Å². The third kappa shape index (κ3) is 5.32. The van der Waals surface area contributed by atoms with Crippen molar-refractivity contribution in [1.82, 2.24) is 10.9 Å². The van der Waals surface area contributed by atoms with Crippen molar-refractivity contribution in [2.45, 2.75) is 13.8 Å². The van der Waals surface area contributed by atoms with Gasteiger partial charge in [-0.15, -0.1) is 0 Å². The third-order valence-corrected chi connectivity index (χ3v) is 4.69. The molecular weight excluding hydrogens is 342 g/mol. The molecule has 3 N–H and O–H groups in total. The van der Waals surface area contributed by atoms with E-state index in [2.05, 4.69) is 15.6 Å². The summed E-state index contributed by atoms with van der Waals surface area (Å²) in [5.74, 6) is -1.08. The Bertz CT molecular complexity index is 877. The largest absolute Gasteiger partial charge is 0.284 e. The van der Waals surface area contributed by atoms with Crippen LogP contribution in [-0.2, 0) is 10.0 Å². The van der Waals surface area contributed by atoms with Gasteiger partial charge in [0, 0.05) is 16.8 Å². The highest BCUT2D eigenvalue weighted by Crippen LogP contribution is 2.12. The highest BCUT2D eigenvalue weighted by molar-refractivity contribution is 7.92. The first-order valence-corrected chi connectivity index (χ1v) is 9.24. The van der Waals surface area contributed by atoms with Crippen molar-refractivity contribution in [3.8, 4) is 0 Å². The molecule has 0 atom stereocenters. The lowest BCUT2D eigenvalue weighted by molar-refractivity contribution is 0.0846. The predicted molar refractivity (Wildman–Crippen MR) is 95.6 cm³/mol. The summed E-state index contributed by atoms with van der Waals surface area (Å²) in [4.78, 5) is 24.1. The van der Waals surface area contributed by atoms with Gasteiger partial charge in [0.15, 0.2) is 0 Å². The average Bonchev–Trinajstić information content (AvgIpc) is 2.60. The van der Waals surface area contributed by atoms with Crippen LogP contribution in [0.3, 0.4) is 0 Å². The second-order valence-corrected chi connectivity index (χ2v) is 7.37. The van der Waals surface area contributed by atoms with Crippen LogP contribution in [0.2, 0.25) is 0 Å². The van der Waals surface area contributed by atoms with E-state index in [0.717, 1.165) is 5.56 Å². The van der Waals surface area contributed by atoms with Crippen LogP contribution < -0.4 is 15.6 Å². The van der Waals surface area contributed by atoms with Crippen LogP contribution in [0.4, 0.5) is 5.69 Å². The number of aryl methyl sites for hydroxylation is 1. The molecular formula is C17H19N3O4S. The number of carbonyl (C=O) groups is 2. The second-order valence-electron chi connectivity index (χ2n) is 5.36.